The second-order valence-electron chi connectivity index (χ2n) is 8.22. The van der Waals surface area contributed by atoms with E-state index in [1.165, 1.54) is 39.4 Å². The monoisotopic (exact) mass is 447 g/mol. The van der Waals surface area contributed by atoms with Crippen molar-refractivity contribution in [3.63, 3.8) is 0 Å². The van der Waals surface area contributed by atoms with Crippen molar-refractivity contribution in [3.05, 3.63) is 40.4 Å². The molecule has 31 heavy (non-hydrogen) atoms. The molecular formula is C22H29N3O5S. The first kappa shape index (κ1) is 21.8. The van der Waals surface area contributed by atoms with Crippen LogP contribution in [-0.4, -0.2) is 42.8 Å². The van der Waals surface area contributed by atoms with Gasteiger partial charge in [0.2, 0.25) is 15.9 Å². The zero-order valence-corrected chi connectivity index (χ0v) is 18.5. The van der Waals surface area contributed by atoms with E-state index in [4.69, 9.17) is 4.42 Å². The molecule has 9 heteroatoms. The predicted octanol–water partition coefficient (Wildman–Crippen LogP) is 2.78. The number of sulfonamides is 1. The molecular weight excluding hydrogens is 418 g/mol. The molecule has 1 fully saturated rings. The second kappa shape index (κ2) is 9.40. The van der Waals surface area contributed by atoms with Crippen LogP contribution >= 0.6 is 0 Å². The summed E-state index contributed by atoms with van der Waals surface area (Å²) in [6, 6.07) is 4.48. The van der Waals surface area contributed by atoms with Crippen LogP contribution in [0.1, 0.15) is 51.4 Å². The van der Waals surface area contributed by atoms with Crippen LogP contribution in [0.3, 0.4) is 0 Å². The highest BCUT2D eigenvalue weighted by molar-refractivity contribution is 7.89. The number of carbonyl (C=O) groups is 1. The highest BCUT2D eigenvalue weighted by atomic mass is 32.2. The minimum Gasteiger partial charge on any atom is -0.408 e. The number of benzene rings is 1. The Balaban J connectivity index is 1.39. The Morgan fingerprint density at radius 3 is 2.68 bits per heavy atom. The smallest absolute Gasteiger partial charge is 0.408 e. The second-order valence-corrected chi connectivity index (χ2v) is 10.2. The summed E-state index contributed by atoms with van der Waals surface area (Å²) in [5.74, 6) is -0.711. The average Bonchev–Trinajstić information content (AvgIpc) is 3.41. The number of aromatic nitrogens is 1. The van der Waals surface area contributed by atoms with Crippen molar-refractivity contribution in [1.82, 2.24) is 14.2 Å². The molecule has 0 atom stereocenters. The number of rotatable bonds is 8. The fourth-order valence-corrected chi connectivity index (χ4v) is 5.83. The SMILES string of the molecule is O=C(CCn1c(=O)oc2cc(S(=O)(=O)N3CCCC3)ccc21)NCCC1=CCCCC1. The van der Waals surface area contributed by atoms with Crippen LogP contribution in [0.5, 0.6) is 0 Å². The predicted molar refractivity (Wildman–Crippen MR) is 117 cm³/mol. The van der Waals surface area contributed by atoms with E-state index in [0.717, 1.165) is 32.1 Å². The Hall–Kier alpha value is -2.39. The summed E-state index contributed by atoms with van der Waals surface area (Å²) in [6.07, 6.45) is 9.70. The van der Waals surface area contributed by atoms with Gasteiger partial charge < -0.3 is 9.73 Å². The molecule has 1 aromatic heterocycles. The number of carbonyl (C=O) groups excluding carboxylic acids is 1. The Morgan fingerprint density at radius 2 is 1.94 bits per heavy atom. The van der Waals surface area contributed by atoms with Crippen LogP contribution in [0.4, 0.5) is 0 Å². The highest BCUT2D eigenvalue weighted by Crippen LogP contribution is 2.24. The number of nitrogens with zero attached hydrogens (tertiary/aromatic N) is 2. The third kappa shape index (κ3) is 4.93. The van der Waals surface area contributed by atoms with Gasteiger partial charge in [0.05, 0.1) is 10.4 Å². The maximum atomic E-state index is 12.7. The first-order valence-corrected chi connectivity index (χ1v) is 12.5. The lowest BCUT2D eigenvalue weighted by Gasteiger charge is -2.15. The van der Waals surface area contributed by atoms with E-state index in [1.807, 2.05) is 0 Å². The van der Waals surface area contributed by atoms with Crippen molar-refractivity contribution in [2.45, 2.75) is 62.8 Å². The van der Waals surface area contributed by atoms with Crippen molar-refractivity contribution in [3.8, 4) is 0 Å². The van der Waals surface area contributed by atoms with Gasteiger partial charge in [0.15, 0.2) is 5.58 Å². The van der Waals surface area contributed by atoms with Crippen molar-refractivity contribution in [2.24, 2.45) is 0 Å². The molecule has 1 N–H and O–H groups in total. The highest BCUT2D eigenvalue weighted by Gasteiger charge is 2.28. The Bertz CT molecular complexity index is 1140. The molecule has 0 saturated carbocycles. The van der Waals surface area contributed by atoms with E-state index in [-0.39, 0.29) is 29.4 Å². The maximum absolute atomic E-state index is 12.7. The minimum atomic E-state index is -3.59. The third-order valence-corrected chi connectivity index (χ3v) is 7.95. The summed E-state index contributed by atoms with van der Waals surface area (Å²) in [5.41, 5.74) is 2.11. The van der Waals surface area contributed by atoms with E-state index in [1.54, 1.807) is 6.07 Å². The van der Waals surface area contributed by atoms with E-state index in [9.17, 15) is 18.0 Å². The van der Waals surface area contributed by atoms with Gasteiger partial charge in [-0.15, -0.1) is 0 Å². The molecule has 2 aromatic rings. The average molecular weight is 448 g/mol. The fraction of sp³-hybridized carbons (Fsp3) is 0.545. The number of hydrogen-bond acceptors (Lipinski definition) is 5. The Labute approximate surface area is 182 Å². The number of nitrogens with one attached hydrogen (secondary N) is 1. The molecule has 2 heterocycles. The maximum Gasteiger partial charge on any atom is 0.419 e. The molecule has 0 radical (unpaired) electrons. The fourth-order valence-electron chi connectivity index (χ4n) is 4.29. The van der Waals surface area contributed by atoms with Crippen molar-refractivity contribution in [1.29, 1.82) is 0 Å². The standard InChI is InChI=1S/C22H29N3O5S/c26-21(23-12-10-17-6-2-1-3-7-17)11-15-25-19-9-8-18(16-20(19)30-22(25)27)31(28,29)24-13-4-5-14-24/h6,8-9,16H,1-5,7,10-15H2,(H,23,26). The summed E-state index contributed by atoms with van der Waals surface area (Å²) in [5, 5.41) is 2.91. The number of allylic oxidation sites excluding steroid dienone is 1. The zero-order chi connectivity index (χ0) is 21.8. The molecule has 8 nitrogen and oxygen atoms in total. The third-order valence-electron chi connectivity index (χ3n) is 6.06. The van der Waals surface area contributed by atoms with Gasteiger partial charge in [-0.1, -0.05) is 11.6 Å². The molecule has 0 unspecified atom stereocenters. The van der Waals surface area contributed by atoms with Crippen LogP contribution in [-0.2, 0) is 21.4 Å². The Morgan fingerprint density at radius 1 is 1.13 bits per heavy atom. The van der Waals surface area contributed by atoms with Gasteiger partial charge in [0.1, 0.15) is 0 Å². The lowest BCUT2D eigenvalue weighted by Crippen LogP contribution is -2.27. The van der Waals surface area contributed by atoms with E-state index in [2.05, 4.69) is 11.4 Å². The van der Waals surface area contributed by atoms with Gasteiger partial charge in [0, 0.05) is 38.7 Å². The summed E-state index contributed by atoms with van der Waals surface area (Å²) in [7, 11) is -3.59. The lowest BCUT2D eigenvalue weighted by atomic mass is 9.97. The summed E-state index contributed by atoms with van der Waals surface area (Å²) in [6.45, 7) is 1.80. The largest absolute Gasteiger partial charge is 0.419 e. The Kier molecular flexibility index (Phi) is 6.62. The molecule has 1 aliphatic carbocycles. The summed E-state index contributed by atoms with van der Waals surface area (Å²) < 4.78 is 33.6. The first-order valence-electron chi connectivity index (χ1n) is 11.0. The number of amides is 1. The molecule has 1 aliphatic heterocycles. The molecule has 0 spiro atoms. The van der Waals surface area contributed by atoms with Crippen LogP contribution < -0.4 is 11.1 Å². The zero-order valence-electron chi connectivity index (χ0n) is 17.6. The minimum absolute atomic E-state index is 0.120. The number of aryl methyl sites for hydroxylation is 1. The molecule has 1 amide bonds. The lowest BCUT2D eigenvalue weighted by molar-refractivity contribution is -0.121. The quantitative estimate of drug-likeness (QED) is 0.627. The molecule has 4 rings (SSSR count). The number of oxazole rings is 1. The van der Waals surface area contributed by atoms with Gasteiger partial charge in [-0.2, -0.15) is 4.31 Å². The van der Waals surface area contributed by atoms with Crippen molar-refractivity contribution >= 4 is 27.0 Å². The molecule has 2 aliphatic rings. The van der Waals surface area contributed by atoms with Crippen LogP contribution in [0.2, 0.25) is 0 Å². The van der Waals surface area contributed by atoms with E-state index < -0.39 is 15.8 Å². The van der Waals surface area contributed by atoms with Crippen LogP contribution in [0.25, 0.3) is 11.1 Å². The van der Waals surface area contributed by atoms with E-state index in [0.29, 0.717) is 25.2 Å². The van der Waals surface area contributed by atoms with Gasteiger partial charge in [-0.3, -0.25) is 9.36 Å². The van der Waals surface area contributed by atoms with E-state index >= 15 is 0 Å². The molecule has 168 valence electrons. The van der Waals surface area contributed by atoms with Gasteiger partial charge in [0.25, 0.3) is 0 Å². The van der Waals surface area contributed by atoms with Crippen molar-refractivity contribution < 1.29 is 17.6 Å². The summed E-state index contributed by atoms with van der Waals surface area (Å²) >= 11 is 0. The van der Waals surface area contributed by atoms with Gasteiger partial charge in [-0.05, 0) is 57.1 Å². The van der Waals surface area contributed by atoms with Crippen molar-refractivity contribution in [2.75, 3.05) is 19.6 Å². The topological polar surface area (TPSA) is 102 Å². The summed E-state index contributed by atoms with van der Waals surface area (Å²) in [4.78, 5) is 24.6. The first-order chi connectivity index (χ1) is 14.9. The molecule has 1 saturated heterocycles. The molecule has 0 bridgehead atoms. The number of fused-ring (bicyclic) bond motifs is 1. The van der Waals surface area contributed by atoms with Crippen LogP contribution in [0, 0.1) is 0 Å². The van der Waals surface area contributed by atoms with Crippen LogP contribution in [0.15, 0.2) is 44.0 Å². The normalized spacial score (nSPS) is 17.7. The molecule has 1 aromatic carbocycles. The van der Waals surface area contributed by atoms with Gasteiger partial charge >= 0.3 is 5.76 Å². The van der Waals surface area contributed by atoms with Gasteiger partial charge in [-0.25, -0.2) is 13.2 Å². The number of hydrogen-bond donors (Lipinski definition) is 1.